The number of rotatable bonds is 3. The summed E-state index contributed by atoms with van der Waals surface area (Å²) < 4.78 is 0. The third-order valence-corrected chi connectivity index (χ3v) is 4.02. The number of anilines is 1. The van der Waals surface area contributed by atoms with E-state index in [1.807, 2.05) is 31.1 Å². The fraction of sp³-hybridized carbons (Fsp3) is 0.636. The minimum absolute atomic E-state index is 0.544. The van der Waals surface area contributed by atoms with Crippen LogP contribution in [0, 0.1) is 6.92 Å². The molecule has 82 valence electrons. The largest absolute Gasteiger partial charge is 0.350 e. The molecule has 0 aliphatic heterocycles. The smallest absolute Gasteiger partial charge is 0.222 e. The van der Waals surface area contributed by atoms with Crippen molar-refractivity contribution < 1.29 is 0 Å². The number of thioether (sulfide) groups is 1. The number of hydrogen-bond donors (Lipinski definition) is 1. The molecule has 0 amide bonds. The van der Waals surface area contributed by atoms with E-state index >= 15 is 0 Å². The third-order valence-electron chi connectivity index (χ3n) is 2.85. The van der Waals surface area contributed by atoms with Crippen molar-refractivity contribution in [1.29, 1.82) is 0 Å². The van der Waals surface area contributed by atoms with Crippen LogP contribution in [0.2, 0.25) is 0 Å². The second-order valence-electron chi connectivity index (χ2n) is 4.04. The summed E-state index contributed by atoms with van der Waals surface area (Å²) in [7, 11) is 0. The summed E-state index contributed by atoms with van der Waals surface area (Å²) in [5.41, 5.74) is 1.10. The third kappa shape index (κ3) is 2.62. The molecule has 1 heterocycles. The van der Waals surface area contributed by atoms with Crippen LogP contribution in [0.3, 0.4) is 0 Å². The zero-order valence-corrected chi connectivity index (χ0v) is 10.0. The van der Waals surface area contributed by atoms with Crippen molar-refractivity contribution in [3.63, 3.8) is 0 Å². The molecule has 2 rings (SSSR count). The molecule has 1 aliphatic carbocycles. The molecule has 4 heteroatoms. The standard InChI is InChI=1S/C11H17N3S/c1-8-6-12-11(13-7-8)14-9-4-3-5-10(9)15-2/h6-7,9-10H,3-5H2,1-2H3,(H,12,13,14). The van der Waals surface area contributed by atoms with Gasteiger partial charge in [0.1, 0.15) is 0 Å². The molecule has 0 saturated heterocycles. The molecule has 0 spiro atoms. The zero-order valence-electron chi connectivity index (χ0n) is 9.23. The summed E-state index contributed by atoms with van der Waals surface area (Å²) in [6, 6.07) is 0.544. The number of aromatic nitrogens is 2. The Labute approximate surface area is 95.1 Å². The van der Waals surface area contributed by atoms with Crippen molar-refractivity contribution in [3.8, 4) is 0 Å². The Balaban J connectivity index is 1.99. The lowest BCUT2D eigenvalue weighted by atomic mass is 10.2. The van der Waals surface area contributed by atoms with E-state index in [1.54, 1.807) is 0 Å². The van der Waals surface area contributed by atoms with Crippen molar-refractivity contribution in [2.75, 3.05) is 11.6 Å². The Bertz CT molecular complexity index is 312. The van der Waals surface area contributed by atoms with Gasteiger partial charge in [-0.3, -0.25) is 0 Å². The quantitative estimate of drug-likeness (QED) is 0.854. The highest BCUT2D eigenvalue weighted by Gasteiger charge is 2.26. The van der Waals surface area contributed by atoms with Crippen LogP contribution in [0.4, 0.5) is 5.95 Å². The van der Waals surface area contributed by atoms with Crippen LogP contribution in [0.1, 0.15) is 24.8 Å². The molecule has 1 saturated carbocycles. The van der Waals surface area contributed by atoms with Crippen LogP contribution < -0.4 is 5.32 Å². The molecule has 2 unspecified atom stereocenters. The van der Waals surface area contributed by atoms with Crippen LogP contribution in [-0.2, 0) is 0 Å². The van der Waals surface area contributed by atoms with Crippen LogP contribution in [0.5, 0.6) is 0 Å². The first-order valence-corrected chi connectivity index (χ1v) is 6.66. The van der Waals surface area contributed by atoms with Gasteiger partial charge in [-0.1, -0.05) is 6.42 Å². The van der Waals surface area contributed by atoms with E-state index < -0.39 is 0 Å². The predicted octanol–water partition coefficient (Wildman–Crippen LogP) is 2.48. The van der Waals surface area contributed by atoms with Crippen LogP contribution >= 0.6 is 11.8 Å². The first-order valence-electron chi connectivity index (χ1n) is 5.37. The number of aryl methyl sites for hydroxylation is 1. The fourth-order valence-electron chi connectivity index (χ4n) is 2.01. The molecule has 1 aromatic rings. The van der Waals surface area contributed by atoms with Crippen molar-refractivity contribution in [2.45, 2.75) is 37.5 Å². The summed E-state index contributed by atoms with van der Waals surface area (Å²) >= 11 is 1.94. The second kappa shape index (κ2) is 4.84. The van der Waals surface area contributed by atoms with Gasteiger partial charge in [-0.25, -0.2) is 9.97 Å². The van der Waals surface area contributed by atoms with E-state index in [9.17, 15) is 0 Å². The van der Waals surface area contributed by atoms with E-state index in [1.165, 1.54) is 19.3 Å². The SMILES string of the molecule is CSC1CCCC1Nc1ncc(C)cn1. The van der Waals surface area contributed by atoms with Gasteiger partial charge < -0.3 is 5.32 Å². The van der Waals surface area contributed by atoms with Gasteiger partial charge in [0.25, 0.3) is 0 Å². The van der Waals surface area contributed by atoms with Gasteiger partial charge in [0.15, 0.2) is 0 Å². The lowest BCUT2D eigenvalue weighted by Crippen LogP contribution is -2.26. The fourth-order valence-corrected chi connectivity index (χ4v) is 2.94. The van der Waals surface area contributed by atoms with Crippen molar-refractivity contribution >= 4 is 17.7 Å². The van der Waals surface area contributed by atoms with Gasteiger partial charge in [-0.15, -0.1) is 0 Å². The van der Waals surface area contributed by atoms with Crippen molar-refractivity contribution in [2.24, 2.45) is 0 Å². The molecule has 15 heavy (non-hydrogen) atoms. The Morgan fingerprint density at radius 1 is 1.33 bits per heavy atom. The van der Waals surface area contributed by atoms with E-state index in [-0.39, 0.29) is 0 Å². The van der Waals surface area contributed by atoms with Gasteiger partial charge in [0, 0.05) is 23.7 Å². The summed E-state index contributed by atoms with van der Waals surface area (Å²) in [5.74, 6) is 0.770. The van der Waals surface area contributed by atoms with E-state index in [4.69, 9.17) is 0 Å². The molecule has 0 bridgehead atoms. The van der Waals surface area contributed by atoms with E-state index in [0.717, 1.165) is 16.8 Å². The summed E-state index contributed by atoms with van der Waals surface area (Å²) in [5, 5.41) is 4.14. The highest BCUT2D eigenvalue weighted by Crippen LogP contribution is 2.29. The molecule has 1 aromatic heterocycles. The summed E-state index contributed by atoms with van der Waals surface area (Å²) in [6.07, 6.45) is 9.76. The van der Waals surface area contributed by atoms with Crippen LogP contribution in [0.15, 0.2) is 12.4 Å². The Morgan fingerprint density at radius 3 is 2.73 bits per heavy atom. The summed E-state index contributed by atoms with van der Waals surface area (Å²) in [6.45, 7) is 2.00. The monoisotopic (exact) mass is 223 g/mol. The minimum atomic E-state index is 0.544. The first-order chi connectivity index (χ1) is 7.29. The van der Waals surface area contributed by atoms with Crippen LogP contribution in [0.25, 0.3) is 0 Å². The maximum absolute atomic E-state index is 4.28. The number of hydrogen-bond acceptors (Lipinski definition) is 4. The van der Waals surface area contributed by atoms with Gasteiger partial charge in [-0.2, -0.15) is 11.8 Å². The molecule has 0 aromatic carbocycles. The number of nitrogens with one attached hydrogen (secondary N) is 1. The van der Waals surface area contributed by atoms with Crippen LogP contribution in [-0.4, -0.2) is 27.5 Å². The molecular weight excluding hydrogens is 206 g/mol. The molecule has 3 nitrogen and oxygen atoms in total. The molecule has 1 fully saturated rings. The number of nitrogens with zero attached hydrogens (tertiary/aromatic N) is 2. The first kappa shape index (κ1) is 10.7. The summed E-state index contributed by atoms with van der Waals surface area (Å²) in [4.78, 5) is 8.56. The maximum atomic E-state index is 4.28. The van der Waals surface area contributed by atoms with Gasteiger partial charge in [0.05, 0.1) is 0 Å². The van der Waals surface area contributed by atoms with E-state index in [0.29, 0.717) is 6.04 Å². The van der Waals surface area contributed by atoms with E-state index in [2.05, 4.69) is 21.5 Å². The van der Waals surface area contributed by atoms with Crippen molar-refractivity contribution in [3.05, 3.63) is 18.0 Å². The highest BCUT2D eigenvalue weighted by atomic mass is 32.2. The zero-order chi connectivity index (χ0) is 10.7. The van der Waals surface area contributed by atoms with Gasteiger partial charge in [-0.05, 0) is 31.6 Å². The average molecular weight is 223 g/mol. The Kier molecular flexibility index (Phi) is 3.46. The average Bonchev–Trinajstić information content (AvgIpc) is 2.69. The molecule has 2 atom stereocenters. The van der Waals surface area contributed by atoms with Gasteiger partial charge in [0.2, 0.25) is 5.95 Å². The lowest BCUT2D eigenvalue weighted by Gasteiger charge is -2.18. The molecule has 1 aliphatic rings. The lowest BCUT2D eigenvalue weighted by molar-refractivity contribution is 0.756. The Hall–Kier alpha value is -0.770. The van der Waals surface area contributed by atoms with Crippen molar-refractivity contribution in [1.82, 2.24) is 9.97 Å². The van der Waals surface area contributed by atoms with Gasteiger partial charge >= 0.3 is 0 Å². The molecule has 0 radical (unpaired) electrons. The minimum Gasteiger partial charge on any atom is -0.350 e. The Morgan fingerprint density at radius 2 is 2.07 bits per heavy atom. The second-order valence-corrected chi connectivity index (χ2v) is 5.12. The normalized spacial score (nSPS) is 25.5. The maximum Gasteiger partial charge on any atom is 0.222 e. The molecular formula is C11H17N3S. The topological polar surface area (TPSA) is 37.8 Å². The highest BCUT2D eigenvalue weighted by molar-refractivity contribution is 7.99. The molecule has 1 N–H and O–H groups in total. The predicted molar refractivity (Wildman–Crippen MR) is 65.3 cm³/mol.